The fourth-order valence-electron chi connectivity index (χ4n) is 0.308. The summed E-state index contributed by atoms with van der Waals surface area (Å²) >= 11 is 0. The van der Waals surface area contributed by atoms with Crippen LogP contribution in [0.2, 0.25) is 0 Å². The molecule has 0 aromatic carbocycles. The first kappa shape index (κ1) is 3.42. The molecule has 1 rings (SSSR count). The molecular formula is C5H4N. The van der Waals surface area contributed by atoms with Gasteiger partial charge in [0.05, 0.1) is 12.0 Å². The van der Waals surface area contributed by atoms with Gasteiger partial charge in [0.25, 0.3) is 0 Å². The number of hydrogen-bond acceptors (Lipinski definition) is 1. The maximum Gasteiger partial charge on any atom is 0.0712 e. The molecule has 0 N–H and O–H groups in total. The molecule has 1 heteroatoms. The van der Waals surface area contributed by atoms with Crippen molar-refractivity contribution in [1.29, 1.82) is 5.26 Å². The third-order valence-electron chi connectivity index (χ3n) is 0.786. The van der Waals surface area contributed by atoms with E-state index in [0.29, 0.717) is 0 Å². The molecule has 6 heavy (non-hydrogen) atoms. The molecule has 0 saturated carbocycles. The van der Waals surface area contributed by atoms with Gasteiger partial charge in [-0.1, -0.05) is 12.2 Å². The molecule has 0 bridgehead atoms. The summed E-state index contributed by atoms with van der Waals surface area (Å²) in [5.74, 6) is 0.116. The Morgan fingerprint density at radius 3 is 2.33 bits per heavy atom. The molecule has 0 saturated heterocycles. The van der Waals surface area contributed by atoms with Crippen LogP contribution in [0.1, 0.15) is 0 Å². The Labute approximate surface area is 36.9 Å². The average molecular weight is 78.1 g/mol. The van der Waals surface area contributed by atoms with Gasteiger partial charge >= 0.3 is 0 Å². The van der Waals surface area contributed by atoms with Crippen LogP contribution < -0.4 is 0 Å². The summed E-state index contributed by atoms with van der Waals surface area (Å²) < 4.78 is 0. The van der Waals surface area contributed by atoms with E-state index >= 15 is 0 Å². The molecule has 0 aromatic rings. The summed E-state index contributed by atoms with van der Waals surface area (Å²) in [6.45, 7) is 0. The maximum atomic E-state index is 8.05. The van der Waals surface area contributed by atoms with Crippen LogP contribution in [0.3, 0.4) is 0 Å². The minimum Gasteiger partial charge on any atom is -0.198 e. The normalized spacial score (nSPS) is 28.2. The zero-order valence-electron chi connectivity index (χ0n) is 3.26. The van der Waals surface area contributed by atoms with Gasteiger partial charge in [0.1, 0.15) is 0 Å². The first-order valence-electron chi connectivity index (χ1n) is 1.85. The number of nitriles is 1. The van der Waals surface area contributed by atoms with Gasteiger partial charge in [0.15, 0.2) is 0 Å². The number of nitrogens with zero attached hydrogens (tertiary/aromatic N) is 1. The van der Waals surface area contributed by atoms with E-state index in [0.717, 1.165) is 0 Å². The van der Waals surface area contributed by atoms with Crippen LogP contribution in [0.4, 0.5) is 0 Å². The zero-order valence-corrected chi connectivity index (χ0v) is 3.26. The standard InChI is InChI=1S/C5H4N/c6-4-5-2-1-3-5/h1-3,5H. The Bertz CT molecular complexity index is 108. The first-order chi connectivity index (χ1) is 2.93. The molecule has 29 valence electrons. The Morgan fingerprint density at radius 1 is 1.67 bits per heavy atom. The largest absolute Gasteiger partial charge is 0.198 e. The van der Waals surface area contributed by atoms with Crippen LogP contribution >= 0.6 is 0 Å². The fourth-order valence-corrected chi connectivity index (χ4v) is 0.308. The molecule has 1 radical (unpaired) electrons. The highest BCUT2D eigenvalue weighted by atomic mass is 14.3. The molecule has 1 atom stereocenters. The van der Waals surface area contributed by atoms with Crippen molar-refractivity contribution in [2.45, 2.75) is 0 Å². The highest BCUT2D eigenvalue weighted by Gasteiger charge is 2.05. The molecule has 0 aromatic heterocycles. The number of rotatable bonds is 0. The van der Waals surface area contributed by atoms with Gasteiger partial charge < -0.3 is 0 Å². The third-order valence-corrected chi connectivity index (χ3v) is 0.786. The second kappa shape index (κ2) is 1.14. The Hall–Kier alpha value is -0.770. The Morgan fingerprint density at radius 2 is 2.33 bits per heavy atom. The van der Waals surface area contributed by atoms with Crippen LogP contribution in [-0.4, -0.2) is 0 Å². The van der Waals surface area contributed by atoms with Gasteiger partial charge in [-0.05, 0) is 0 Å². The SMILES string of the molecule is N#CC1[CH]C=C1. The topological polar surface area (TPSA) is 23.8 Å². The smallest absolute Gasteiger partial charge is 0.0712 e. The maximum absolute atomic E-state index is 8.05. The predicted molar refractivity (Wildman–Crippen MR) is 22.5 cm³/mol. The van der Waals surface area contributed by atoms with Crippen LogP contribution in [0, 0.1) is 23.7 Å². The highest BCUT2D eigenvalue weighted by Crippen LogP contribution is 2.12. The van der Waals surface area contributed by atoms with Gasteiger partial charge in [0, 0.05) is 6.42 Å². The van der Waals surface area contributed by atoms with Crippen molar-refractivity contribution in [2.75, 3.05) is 0 Å². The quantitative estimate of drug-likeness (QED) is 0.422. The molecule has 0 fully saturated rings. The molecule has 1 unspecified atom stereocenters. The average Bonchev–Trinajstić information content (AvgIpc) is 1.31. The fraction of sp³-hybridized carbons (Fsp3) is 0.200. The summed E-state index contributed by atoms with van der Waals surface area (Å²) in [6, 6.07) is 2.06. The summed E-state index contributed by atoms with van der Waals surface area (Å²) in [5, 5.41) is 8.05. The van der Waals surface area contributed by atoms with Crippen molar-refractivity contribution < 1.29 is 0 Å². The van der Waals surface area contributed by atoms with E-state index in [1.54, 1.807) is 0 Å². The summed E-state index contributed by atoms with van der Waals surface area (Å²) in [6.07, 6.45) is 5.61. The van der Waals surface area contributed by atoms with Gasteiger partial charge in [-0.25, -0.2) is 0 Å². The van der Waals surface area contributed by atoms with E-state index in [9.17, 15) is 0 Å². The van der Waals surface area contributed by atoms with Crippen molar-refractivity contribution in [2.24, 2.45) is 5.92 Å². The van der Waals surface area contributed by atoms with E-state index in [1.165, 1.54) is 0 Å². The molecule has 0 amide bonds. The van der Waals surface area contributed by atoms with Gasteiger partial charge in [0.2, 0.25) is 0 Å². The van der Waals surface area contributed by atoms with E-state index in [2.05, 4.69) is 6.07 Å². The van der Waals surface area contributed by atoms with Crippen LogP contribution in [0.15, 0.2) is 12.2 Å². The molecule has 0 heterocycles. The van der Waals surface area contributed by atoms with Crippen LogP contribution in [0.25, 0.3) is 0 Å². The van der Waals surface area contributed by atoms with Gasteiger partial charge in [-0.15, -0.1) is 0 Å². The lowest BCUT2D eigenvalue weighted by atomic mass is 9.98. The zero-order chi connectivity index (χ0) is 4.41. The molecule has 0 aliphatic heterocycles. The lowest BCUT2D eigenvalue weighted by Crippen LogP contribution is -1.98. The van der Waals surface area contributed by atoms with Crippen molar-refractivity contribution >= 4 is 0 Å². The monoisotopic (exact) mass is 78.0 g/mol. The van der Waals surface area contributed by atoms with Gasteiger partial charge in [-0.3, -0.25) is 0 Å². The Balaban J connectivity index is 2.46. The van der Waals surface area contributed by atoms with Crippen LogP contribution in [0.5, 0.6) is 0 Å². The van der Waals surface area contributed by atoms with Crippen molar-refractivity contribution in [3.05, 3.63) is 18.6 Å². The second-order valence-electron chi connectivity index (χ2n) is 1.23. The minimum absolute atomic E-state index is 0.116. The molecular weight excluding hydrogens is 74.1 g/mol. The van der Waals surface area contributed by atoms with Crippen molar-refractivity contribution in [3.63, 3.8) is 0 Å². The molecule has 1 nitrogen and oxygen atoms in total. The minimum atomic E-state index is 0.116. The van der Waals surface area contributed by atoms with Crippen LogP contribution in [-0.2, 0) is 0 Å². The second-order valence-corrected chi connectivity index (χ2v) is 1.23. The predicted octanol–water partition coefficient (Wildman–Crippen LogP) is 0.900. The van der Waals surface area contributed by atoms with Crippen molar-refractivity contribution in [3.8, 4) is 6.07 Å². The Kier molecular flexibility index (Phi) is 0.648. The number of hydrogen-bond donors (Lipinski definition) is 0. The summed E-state index contributed by atoms with van der Waals surface area (Å²) in [4.78, 5) is 0. The lowest BCUT2D eigenvalue weighted by Gasteiger charge is -2.04. The first-order valence-corrected chi connectivity index (χ1v) is 1.85. The summed E-state index contributed by atoms with van der Waals surface area (Å²) in [5.41, 5.74) is 0. The van der Waals surface area contributed by atoms with E-state index in [1.807, 2.05) is 18.6 Å². The molecule has 1 aliphatic rings. The third kappa shape index (κ3) is 0.307. The summed E-state index contributed by atoms with van der Waals surface area (Å²) in [7, 11) is 0. The molecule has 1 aliphatic carbocycles. The lowest BCUT2D eigenvalue weighted by molar-refractivity contribution is 0.949. The number of allylic oxidation sites excluding steroid dienone is 2. The highest BCUT2D eigenvalue weighted by molar-refractivity contribution is 5.23. The molecule has 0 spiro atoms. The van der Waals surface area contributed by atoms with E-state index in [4.69, 9.17) is 5.26 Å². The van der Waals surface area contributed by atoms with Crippen molar-refractivity contribution in [1.82, 2.24) is 0 Å². The van der Waals surface area contributed by atoms with E-state index < -0.39 is 0 Å². The van der Waals surface area contributed by atoms with Gasteiger partial charge in [-0.2, -0.15) is 5.26 Å². The van der Waals surface area contributed by atoms with E-state index in [-0.39, 0.29) is 5.92 Å².